The van der Waals surface area contributed by atoms with E-state index in [0.29, 0.717) is 0 Å². The van der Waals surface area contributed by atoms with E-state index in [-0.39, 0.29) is 0 Å². The van der Waals surface area contributed by atoms with Gasteiger partial charge in [-0.2, -0.15) is 0 Å². The van der Waals surface area contributed by atoms with Crippen LogP contribution < -0.4 is 5.73 Å². The average Bonchev–Trinajstić information content (AvgIpc) is 1.83. The molecule has 0 heterocycles. The van der Waals surface area contributed by atoms with Crippen molar-refractivity contribution in [3.63, 3.8) is 0 Å². The molecule has 0 aromatic heterocycles. The third kappa shape index (κ3) is 1.04. The van der Waals surface area contributed by atoms with Crippen molar-refractivity contribution < 1.29 is 0 Å². The predicted octanol–water partition coefficient (Wildman–Crippen LogP) is 1.89. The second-order valence-electron chi connectivity index (χ2n) is 2.29. The van der Waals surface area contributed by atoms with Crippen molar-refractivity contribution in [3.8, 4) is 0 Å². The minimum Gasteiger partial charge on any atom is -0.399 e. The summed E-state index contributed by atoms with van der Waals surface area (Å²) in [5.74, 6) is 0. The molecule has 0 aliphatic rings. The van der Waals surface area contributed by atoms with Gasteiger partial charge < -0.3 is 5.73 Å². The van der Waals surface area contributed by atoms with Crippen molar-refractivity contribution in [3.05, 3.63) is 29.3 Å². The Bertz CT molecular complexity index is 196. The molecule has 0 unspecified atom stereocenters. The van der Waals surface area contributed by atoms with Crippen LogP contribution in [0.1, 0.15) is 11.1 Å². The van der Waals surface area contributed by atoms with E-state index in [1.807, 2.05) is 19.1 Å². The maximum absolute atomic E-state index is 5.62. The molecule has 48 valence electrons. The fraction of sp³-hybridized carbons (Fsp3) is 0.250. The summed E-state index contributed by atoms with van der Waals surface area (Å²) in [7, 11) is 0. The van der Waals surface area contributed by atoms with Crippen LogP contribution in [-0.2, 0) is 0 Å². The number of rotatable bonds is 0. The van der Waals surface area contributed by atoms with Gasteiger partial charge in [-0.15, -0.1) is 0 Å². The molecule has 1 nitrogen and oxygen atoms in total. The summed E-state index contributed by atoms with van der Waals surface area (Å²) in [4.78, 5) is 0. The Morgan fingerprint density at radius 2 is 1.89 bits per heavy atom. The van der Waals surface area contributed by atoms with Crippen LogP contribution >= 0.6 is 0 Å². The van der Waals surface area contributed by atoms with Gasteiger partial charge in [0.05, 0.1) is 0 Å². The highest BCUT2D eigenvalue weighted by Crippen LogP contribution is 2.13. The van der Waals surface area contributed by atoms with Crippen molar-refractivity contribution in [2.75, 3.05) is 5.73 Å². The molecule has 1 rings (SSSR count). The Morgan fingerprint density at radius 1 is 1.22 bits per heavy atom. The summed E-state index contributed by atoms with van der Waals surface area (Å²) < 4.78 is 0. The van der Waals surface area contributed by atoms with Crippen molar-refractivity contribution in [2.45, 2.75) is 13.8 Å². The molecule has 0 saturated carbocycles. The quantitative estimate of drug-likeness (QED) is 0.522. The minimum atomic E-state index is 0.884. The van der Waals surface area contributed by atoms with E-state index in [9.17, 15) is 0 Å². The molecule has 1 aromatic rings. The van der Waals surface area contributed by atoms with Crippen LogP contribution in [0.4, 0.5) is 5.69 Å². The summed E-state index contributed by atoms with van der Waals surface area (Å²) in [5, 5.41) is 0. The number of nitrogen functional groups attached to an aromatic ring is 1. The maximum Gasteiger partial charge on any atom is 0.0346 e. The van der Waals surface area contributed by atoms with Gasteiger partial charge in [-0.25, -0.2) is 0 Å². The van der Waals surface area contributed by atoms with Gasteiger partial charge in [0.2, 0.25) is 0 Å². The van der Waals surface area contributed by atoms with E-state index in [0.717, 1.165) is 5.69 Å². The van der Waals surface area contributed by atoms with Crippen LogP contribution in [0.3, 0.4) is 0 Å². The molecule has 0 bridgehead atoms. The van der Waals surface area contributed by atoms with E-state index < -0.39 is 0 Å². The fourth-order valence-electron chi connectivity index (χ4n) is 0.774. The Hall–Kier alpha value is -0.980. The molecular weight excluding hydrogens is 111 g/mol. The van der Waals surface area contributed by atoms with Crippen molar-refractivity contribution in [2.24, 2.45) is 0 Å². The van der Waals surface area contributed by atoms with Crippen molar-refractivity contribution in [1.29, 1.82) is 0 Å². The van der Waals surface area contributed by atoms with Gasteiger partial charge in [0, 0.05) is 5.69 Å². The summed E-state index contributed by atoms with van der Waals surface area (Å²) in [5.41, 5.74) is 8.96. The summed E-state index contributed by atoms with van der Waals surface area (Å²) in [6.07, 6.45) is 0. The summed E-state index contributed by atoms with van der Waals surface area (Å²) >= 11 is 0. The van der Waals surface area contributed by atoms with Gasteiger partial charge >= 0.3 is 0 Å². The van der Waals surface area contributed by atoms with Gasteiger partial charge in [-0.3, -0.25) is 0 Å². The first kappa shape index (κ1) is 6.14. The lowest BCUT2D eigenvalue weighted by atomic mass is 10.2. The van der Waals surface area contributed by atoms with Gasteiger partial charge in [-0.1, -0.05) is 12.1 Å². The first-order valence-electron chi connectivity index (χ1n) is 3.03. The summed E-state index contributed by atoms with van der Waals surface area (Å²) in [6, 6.07) is 5.95. The molecule has 0 atom stereocenters. The number of aryl methyl sites for hydroxylation is 1. The Morgan fingerprint density at radius 3 is 2.33 bits per heavy atom. The first-order valence-corrected chi connectivity index (χ1v) is 3.03. The molecule has 2 N–H and O–H groups in total. The van der Waals surface area contributed by atoms with Crippen molar-refractivity contribution >= 4 is 5.69 Å². The molecule has 0 aliphatic carbocycles. The largest absolute Gasteiger partial charge is 0.399 e. The zero-order chi connectivity index (χ0) is 6.85. The van der Waals surface area contributed by atoms with E-state index in [1.54, 1.807) is 0 Å². The lowest BCUT2D eigenvalue weighted by molar-refractivity contribution is 1.35. The van der Waals surface area contributed by atoms with Crippen LogP contribution in [0.25, 0.3) is 0 Å². The van der Waals surface area contributed by atoms with E-state index in [2.05, 4.69) is 13.0 Å². The number of benzene rings is 1. The topological polar surface area (TPSA) is 26.0 Å². The van der Waals surface area contributed by atoms with E-state index >= 15 is 0 Å². The highest BCUT2D eigenvalue weighted by atomic mass is 14.8. The second-order valence-corrected chi connectivity index (χ2v) is 2.29. The molecule has 0 amide bonds. The molecule has 0 aliphatic heterocycles. The minimum absolute atomic E-state index is 0.884. The highest BCUT2D eigenvalue weighted by molar-refractivity contribution is 5.49. The molecule has 1 aromatic carbocycles. The van der Waals surface area contributed by atoms with Gasteiger partial charge in [0.15, 0.2) is 0 Å². The maximum atomic E-state index is 5.62. The molecule has 0 spiro atoms. The third-order valence-electron chi connectivity index (χ3n) is 1.65. The zero-order valence-electron chi connectivity index (χ0n) is 5.81. The van der Waals surface area contributed by atoms with Crippen LogP contribution in [0.5, 0.6) is 0 Å². The molecule has 0 radical (unpaired) electrons. The smallest absolute Gasteiger partial charge is 0.0346 e. The van der Waals surface area contributed by atoms with E-state index in [4.69, 9.17) is 5.73 Å². The Kier molecular flexibility index (Phi) is 1.43. The average molecular weight is 122 g/mol. The van der Waals surface area contributed by atoms with Crippen LogP contribution in [0.2, 0.25) is 0 Å². The Labute approximate surface area is 55.5 Å². The van der Waals surface area contributed by atoms with Crippen LogP contribution in [0.15, 0.2) is 18.2 Å². The standard InChI is InChI=1S/C8H11N/c1-6-4-3-5-8(9)7(6)2/h3-5H,9H2,1-2H3/i8+1. The van der Waals surface area contributed by atoms with Crippen LogP contribution in [-0.4, -0.2) is 0 Å². The molecule has 0 saturated heterocycles. The van der Waals surface area contributed by atoms with Gasteiger partial charge in [0.25, 0.3) is 0 Å². The van der Waals surface area contributed by atoms with Gasteiger partial charge in [0.1, 0.15) is 0 Å². The lowest BCUT2D eigenvalue weighted by Gasteiger charge is -2.00. The van der Waals surface area contributed by atoms with E-state index in [1.165, 1.54) is 11.1 Å². The predicted molar refractivity (Wildman–Crippen MR) is 40.3 cm³/mol. The monoisotopic (exact) mass is 122 g/mol. The number of anilines is 1. The Balaban J connectivity index is 3.25. The molecular formula is C8H11N. The normalized spacial score (nSPS) is 9.56. The molecule has 0 fully saturated rings. The van der Waals surface area contributed by atoms with Crippen LogP contribution in [0, 0.1) is 13.8 Å². The SMILES string of the molecule is Cc1ccc[13c](N)c1C. The fourth-order valence-corrected chi connectivity index (χ4v) is 0.774. The molecule has 1 heteroatoms. The number of nitrogens with two attached hydrogens (primary N) is 1. The lowest BCUT2D eigenvalue weighted by Crippen LogP contribution is -1.90. The summed E-state index contributed by atoms with van der Waals surface area (Å²) in [6.45, 7) is 4.09. The second kappa shape index (κ2) is 2.09. The third-order valence-corrected chi connectivity index (χ3v) is 1.65. The zero-order valence-corrected chi connectivity index (χ0v) is 5.81. The van der Waals surface area contributed by atoms with Crippen molar-refractivity contribution in [1.82, 2.24) is 0 Å². The highest BCUT2D eigenvalue weighted by Gasteiger charge is 1.92. The number of hydrogen-bond acceptors (Lipinski definition) is 1. The molecule has 9 heavy (non-hydrogen) atoms. The first-order chi connectivity index (χ1) is 4.22. The van der Waals surface area contributed by atoms with Gasteiger partial charge in [-0.05, 0) is 31.0 Å². The number of hydrogen-bond donors (Lipinski definition) is 1.